The normalized spacial score (nSPS) is 12.2. The van der Waals surface area contributed by atoms with Crippen LogP contribution in [0.4, 0.5) is 0 Å². The molecule has 0 saturated carbocycles. The number of carboxylic acids is 1. The Bertz CT molecular complexity index is 434. The van der Waals surface area contributed by atoms with Crippen LogP contribution in [0.3, 0.4) is 0 Å². The minimum absolute atomic E-state index is 0.00601. The van der Waals surface area contributed by atoms with Crippen molar-refractivity contribution < 1.29 is 14.7 Å². The van der Waals surface area contributed by atoms with E-state index < -0.39 is 11.9 Å². The fourth-order valence-corrected chi connectivity index (χ4v) is 2.57. The van der Waals surface area contributed by atoms with Gasteiger partial charge in [0.25, 0.3) is 0 Å². The van der Waals surface area contributed by atoms with E-state index in [0.29, 0.717) is 12.2 Å². The highest BCUT2D eigenvalue weighted by molar-refractivity contribution is 7.99. The number of aliphatic carboxylic acids is 1. The molecule has 1 amide bonds. The van der Waals surface area contributed by atoms with Crippen molar-refractivity contribution in [1.29, 1.82) is 0 Å². The average Bonchev–Trinajstić information content (AvgIpc) is 2.39. The Balaban J connectivity index is 2.25. The second kappa shape index (κ2) is 8.64. The highest BCUT2D eigenvalue weighted by Gasteiger charge is 2.21. The van der Waals surface area contributed by atoms with E-state index in [-0.39, 0.29) is 18.4 Å². The zero-order valence-electron chi connectivity index (χ0n) is 11.8. The highest BCUT2D eigenvalue weighted by atomic mass is 32.2. The minimum Gasteiger partial charge on any atom is -0.481 e. The smallest absolute Gasteiger partial charge is 0.308 e. The van der Waals surface area contributed by atoms with Gasteiger partial charge in [0.05, 0.1) is 5.92 Å². The molecular weight excluding hydrogens is 274 g/mol. The Morgan fingerprint density at radius 3 is 2.45 bits per heavy atom. The van der Waals surface area contributed by atoms with E-state index in [1.165, 1.54) is 0 Å². The van der Waals surface area contributed by atoms with Crippen molar-refractivity contribution in [2.24, 2.45) is 11.8 Å². The van der Waals surface area contributed by atoms with Gasteiger partial charge in [-0.2, -0.15) is 0 Å². The van der Waals surface area contributed by atoms with Crippen LogP contribution >= 0.6 is 11.8 Å². The van der Waals surface area contributed by atoms with Crippen molar-refractivity contribution in [1.82, 2.24) is 5.32 Å². The average molecular weight is 295 g/mol. The van der Waals surface area contributed by atoms with E-state index in [4.69, 9.17) is 5.11 Å². The van der Waals surface area contributed by atoms with Gasteiger partial charge in [-0.25, -0.2) is 0 Å². The molecule has 0 saturated heterocycles. The molecule has 20 heavy (non-hydrogen) atoms. The number of carboxylic acid groups (broad SMARTS) is 1. The van der Waals surface area contributed by atoms with E-state index in [0.717, 1.165) is 4.90 Å². The van der Waals surface area contributed by atoms with Crippen molar-refractivity contribution in [3.05, 3.63) is 30.3 Å². The van der Waals surface area contributed by atoms with Crippen LogP contribution in [0, 0.1) is 11.8 Å². The molecule has 0 fully saturated rings. The summed E-state index contributed by atoms with van der Waals surface area (Å²) in [5.74, 6) is -0.790. The van der Waals surface area contributed by atoms with Crippen LogP contribution in [0.2, 0.25) is 0 Å². The monoisotopic (exact) mass is 295 g/mol. The molecule has 1 atom stereocenters. The summed E-state index contributed by atoms with van der Waals surface area (Å²) in [6.07, 6.45) is 0.393. The van der Waals surface area contributed by atoms with Gasteiger partial charge in [-0.3, -0.25) is 9.59 Å². The summed E-state index contributed by atoms with van der Waals surface area (Å²) in [6.45, 7) is 3.88. The number of amides is 1. The Morgan fingerprint density at radius 2 is 1.90 bits per heavy atom. The van der Waals surface area contributed by atoms with Gasteiger partial charge in [-0.1, -0.05) is 32.0 Å². The molecule has 1 unspecified atom stereocenters. The van der Waals surface area contributed by atoms with Gasteiger partial charge < -0.3 is 10.4 Å². The predicted octanol–water partition coefficient (Wildman–Crippen LogP) is 2.64. The molecule has 0 aliphatic carbocycles. The number of carbonyl (C=O) groups excluding carboxylic acids is 1. The number of benzene rings is 1. The lowest BCUT2D eigenvalue weighted by Gasteiger charge is -2.16. The largest absolute Gasteiger partial charge is 0.481 e. The summed E-state index contributed by atoms with van der Waals surface area (Å²) >= 11 is 1.62. The maximum absolute atomic E-state index is 11.7. The first kappa shape index (κ1) is 16.6. The zero-order chi connectivity index (χ0) is 15.0. The van der Waals surface area contributed by atoms with Gasteiger partial charge in [-0.05, 0) is 18.1 Å². The zero-order valence-corrected chi connectivity index (χ0v) is 12.7. The first-order valence-electron chi connectivity index (χ1n) is 6.68. The lowest BCUT2D eigenvalue weighted by Crippen LogP contribution is -2.35. The summed E-state index contributed by atoms with van der Waals surface area (Å²) in [4.78, 5) is 23.8. The molecule has 0 heterocycles. The topological polar surface area (TPSA) is 66.4 Å². The first-order chi connectivity index (χ1) is 9.50. The van der Waals surface area contributed by atoms with Crippen LogP contribution in [0.15, 0.2) is 35.2 Å². The molecule has 0 aliphatic heterocycles. The van der Waals surface area contributed by atoms with Crippen LogP contribution in [0.5, 0.6) is 0 Å². The lowest BCUT2D eigenvalue weighted by atomic mass is 9.96. The van der Waals surface area contributed by atoms with Crippen molar-refractivity contribution in [2.45, 2.75) is 25.2 Å². The number of thioether (sulfide) groups is 1. The molecule has 0 radical (unpaired) electrons. The van der Waals surface area contributed by atoms with E-state index in [2.05, 4.69) is 5.32 Å². The summed E-state index contributed by atoms with van der Waals surface area (Å²) in [5, 5.41) is 11.7. The molecule has 110 valence electrons. The van der Waals surface area contributed by atoms with Gasteiger partial charge in [0.2, 0.25) is 5.91 Å². The minimum atomic E-state index is -0.862. The number of carbonyl (C=O) groups is 2. The molecule has 0 spiro atoms. The van der Waals surface area contributed by atoms with Gasteiger partial charge in [-0.15, -0.1) is 11.8 Å². The SMILES string of the molecule is CC(C)C(CNC(=O)CCSc1ccccc1)C(=O)O. The van der Waals surface area contributed by atoms with Crippen molar-refractivity contribution >= 4 is 23.6 Å². The third kappa shape index (κ3) is 6.10. The lowest BCUT2D eigenvalue weighted by molar-refractivity contribution is -0.143. The molecule has 5 heteroatoms. The standard InChI is InChI=1S/C15H21NO3S/c1-11(2)13(15(18)19)10-16-14(17)8-9-20-12-6-4-3-5-7-12/h3-7,11,13H,8-10H2,1-2H3,(H,16,17)(H,18,19). The maximum Gasteiger partial charge on any atom is 0.308 e. The molecule has 0 aliphatic rings. The quantitative estimate of drug-likeness (QED) is 0.724. The Hall–Kier alpha value is -1.49. The van der Waals surface area contributed by atoms with Gasteiger partial charge in [0.1, 0.15) is 0 Å². The van der Waals surface area contributed by atoms with Gasteiger partial charge >= 0.3 is 5.97 Å². The maximum atomic E-state index is 11.7. The second-order valence-corrected chi connectivity index (χ2v) is 6.07. The second-order valence-electron chi connectivity index (χ2n) is 4.90. The molecular formula is C15H21NO3S. The first-order valence-corrected chi connectivity index (χ1v) is 7.66. The number of nitrogens with one attached hydrogen (secondary N) is 1. The van der Waals surface area contributed by atoms with Gasteiger partial charge in [0.15, 0.2) is 0 Å². The molecule has 0 aromatic heterocycles. The molecule has 0 bridgehead atoms. The Kier molecular flexibility index (Phi) is 7.15. The van der Waals surface area contributed by atoms with Crippen LogP contribution in [-0.4, -0.2) is 29.3 Å². The van der Waals surface area contributed by atoms with Crippen molar-refractivity contribution in [3.8, 4) is 0 Å². The van der Waals surface area contributed by atoms with Crippen molar-refractivity contribution in [3.63, 3.8) is 0 Å². The van der Waals surface area contributed by atoms with E-state index >= 15 is 0 Å². The van der Waals surface area contributed by atoms with E-state index in [9.17, 15) is 9.59 Å². The Labute approximate surface area is 124 Å². The molecule has 1 rings (SSSR count). The van der Waals surface area contributed by atoms with Crippen LogP contribution in [0.25, 0.3) is 0 Å². The molecule has 4 nitrogen and oxygen atoms in total. The molecule has 2 N–H and O–H groups in total. The number of rotatable bonds is 8. The number of hydrogen-bond acceptors (Lipinski definition) is 3. The molecule has 1 aromatic rings. The fourth-order valence-electron chi connectivity index (χ4n) is 1.70. The van der Waals surface area contributed by atoms with Crippen LogP contribution < -0.4 is 5.32 Å². The van der Waals surface area contributed by atoms with Crippen molar-refractivity contribution in [2.75, 3.05) is 12.3 Å². The Morgan fingerprint density at radius 1 is 1.25 bits per heavy atom. The third-order valence-corrected chi connectivity index (χ3v) is 4.00. The highest BCUT2D eigenvalue weighted by Crippen LogP contribution is 2.17. The number of hydrogen-bond donors (Lipinski definition) is 2. The fraction of sp³-hybridized carbons (Fsp3) is 0.467. The third-order valence-electron chi connectivity index (χ3n) is 2.98. The van der Waals surface area contributed by atoms with E-state index in [1.807, 2.05) is 44.2 Å². The summed E-state index contributed by atoms with van der Waals surface area (Å²) in [7, 11) is 0. The molecule has 1 aromatic carbocycles. The van der Waals surface area contributed by atoms with E-state index in [1.54, 1.807) is 11.8 Å². The summed E-state index contributed by atoms with van der Waals surface area (Å²) < 4.78 is 0. The van der Waals surface area contributed by atoms with Crippen LogP contribution in [0.1, 0.15) is 20.3 Å². The van der Waals surface area contributed by atoms with Gasteiger partial charge in [0, 0.05) is 23.6 Å². The summed E-state index contributed by atoms with van der Waals surface area (Å²) in [5.41, 5.74) is 0. The summed E-state index contributed by atoms with van der Waals surface area (Å²) in [6, 6.07) is 9.88. The van der Waals surface area contributed by atoms with Crippen LogP contribution in [-0.2, 0) is 9.59 Å². The predicted molar refractivity (Wildman–Crippen MR) is 80.8 cm³/mol.